The average molecular weight is 376 g/mol. The lowest BCUT2D eigenvalue weighted by Crippen LogP contribution is -2.40. The maximum absolute atomic E-state index is 12.7. The number of methoxy groups -OCH3 is 1. The summed E-state index contributed by atoms with van der Waals surface area (Å²) < 4.78 is 10.9. The van der Waals surface area contributed by atoms with Crippen LogP contribution in [0.25, 0.3) is 0 Å². The molecule has 2 rings (SSSR count). The third-order valence-corrected chi connectivity index (χ3v) is 4.63. The number of hydrogen-bond donors (Lipinski definition) is 0. The Kier molecular flexibility index (Phi) is 8.43. The molecule has 0 spiro atoms. The van der Waals surface area contributed by atoms with Gasteiger partial charge in [-0.25, -0.2) is 0 Å². The van der Waals surface area contributed by atoms with E-state index < -0.39 is 0 Å². The van der Waals surface area contributed by atoms with Gasteiger partial charge in [0.15, 0.2) is 18.1 Å². The SMILES string of the molecule is CCCN(CCC)C(=O)CCN(C(=O)COc1ccccc1OC)C1CC1. The van der Waals surface area contributed by atoms with Crippen LogP contribution in [0.5, 0.6) is 11.5 Å². The molecule has 6 nitrogen and oxygen atoms in total. The lowest BCUT2D eigenvalue weighted by Gasteiger charge is -2.25. The van der Waals surface area contributed by atoms with E-state index in [2.05, 4.69) is 13.8 Å². The Hall–Kier alpha value is -2.24. The van der Waals surface area contributed by atoms with E-state index in [9.17, 15) is 9.59 Å². The van der Waals surface area contributed by atoms with Crippen LogP contribution in [-0.4, -0.2) is 61.0 Å². The molecule has 1 aliphatic carbocycles. The van der Waals surface area contributed by atoms with Gasteiger partial charge in [-0.2, -0.15) is 0 Å². The van der Waals surface area contributed by atoms with Crippen molar-refractivity contribution >= 4 is 11.8 Å². The molecule has 27 heavy (non-hydrogen) atoms. The molecule has 0 radical (unpaired) electrons. The molecule has 0 atom stereocenters. The van der Waals surface area contributed by atoms with Crippen LogP contribution in [0, 0.1) is 0 Å². The van der Waals surface area contributed by atoms with Gasteiger partial charge in [0.25, 0.3) is 5.91 Å². The zero-order chi connectivity index (χ0) is 19.6. The van der Waals surface area contributed by atoms with Crippen molar-refractivity contribution in [2.75, 3.05) is 33.4 Å². The predicted octanol–water partition coefficient (Wildman–Crippen LogP) is 3.10. The van der Waals surface area contributed by atoms with Gasteiger partial charge in [-0.05, 0) is 37.8 Å². The van der Waals surface area contributed by atoms with Gasteiger partial charge in [0.05, 0.1) is 7.11 Å². The summed E-state index contributed by atoms with van der Waals surface area (Å²) in [6.07, 6.45) is 4.27. The Labute approximate surface area is 162 Å². The number of carbonyl (C=O) groups excluding carboxylic acids is 2. The monoisotopic (exact) mass is 376 g/mol. The number of amides is 2. The molecule has 150 valence electrons. The van der Waals surface area contributed by atoms with Crippen molar-refractivity contribution in [3.8, 4) is 11.5 Å². The molecule has 1 aliphatic rings. The molecule has 0 N–H and O–H groups in total. The summed E-state index contributed by atoms with van der Waals surface area (Å²) in [7, 11) is 1.57. The van der Waals surface area contributed by atoms with Crippen LogP contribution in [0.3, 0.4) is 0 Å². The molecule has 1 saturated carbocycles. The molecule has 0 unspecified atom stereocenters. The number of benzene rings is 1. The number of carbonyl (C=O) groups is 2. The average Bonchev–Trinajstić information content (AvgIpc) is 3.51. The van der Waals surface area contributed by atoms with E-state index in [1.54, 1.807) is 19.2 Å². The van der Waals surface area contributed by atoms with E-state index in [-0.39, 0.29) is 24.5 Å². The highest BCUT2D eigenvalue weighted by Gasteiger charge is 2.33. The Bertz CT molecular complexity index is 610. The summed E-state index contributed by atoms with van der Waals surface area (Å²) in [6, 6.07) is 7.53. The second-order valence-corrected chi connectivity index (χ2v) is 6.89. The minimum Gasteiger partial charge on any atom is -0.493 e. The smallest absolute Gasteiger partial charge is 0.260 e. The number of rotatable bonds is 12. The van der Waals surface area contributed by atoms with E-state index in [0.29, 0.717) is 24.5 Å². The summed E-state index contributed by atoms with van der Waals surface area (Å²) in [5.74, 6) is 1.21. The van der Waals surface area contributed by atoms with Crippen molar-refractivity contribution in [3.63, 3.8) is 0 Å². The van der Waals surface area contributed by atoms with Gasteiger partial charge in [-0.1, -0.05) is 26.0 Å². The van der Waals surface area contributed by atoms with Crippen LogP contribution in [0.2, 0.25) is 0 Å². The molecule has 0 heterocycles. The van der Waals surface area contributed by atoms with Crippen molar-refractivity contribution < 1.29 is 19.1 Å². The highest BCUT2D eigenvalue weighted by Crippen LogP contribution is 2.28. The summed E-state index contributed by atoms with van der Waals surface area (Å²) in [4.78, 5) is 28.9. The summed E-state index contributed by atoms with van der Waals surface area (Å²) >= 11 is 0. The molecular weight excluding hydrogens is 344 g/mol. The quantitative estimate of drug-likeness (QED) is 0.562. The zero-order valence-electron chi connectivity index (χ0n) is 16.8. The standard InChI is InChI=1S/C21H32N2O4/c1-4-13-22(14-5-2)20(24)12-15-23(17-10-11-17)21(25)16-27-19-9-7-6-8-18(19)26-3/h6-9,17H,4-5,10-16H2,1-3H3. The van der Waals surface area contributed by atoms with Crippen LogP contribution >= 0.6 is 0 Å². The second kappa shape index (κ2) is 10.8. The number of ether oxygens (including phenoxy) is 2. The molecule has 0 aliphatic heterocycles. The van der Waals surface area contributed by atoms with E-state index in [4.69, 9.17) is 9.47 Å². The molecule has 6 heteroatoms. The largest absolute Gasteiger partial charge is 0.493 e. The van der Waals surface area contributed by atoms with E-state index in [1.807, 2.05) is 21.9 Å². The molecular formula is C21H32N2O4. The molecule has 0 bridgehead atoms. The topological polar surface area (TPSA) is 59.1 Å². The molecule has 1 aromatic carbocycles. The molecule has 1 aromatic rings. The minimum atomic E-state index is -0.0752. The first kappa shape index (κ1) is 21.1. The van der Waals surface area contributed by atoms with E-state index in [1.165, 1.54) is 0 Å². The van der Waals surface area contributed by atoms with Crippen LogP contribution in [0.15, 0.2) is 24.3 Å². The fraction of sp³-hybridized carbons (Fsp3) is 0.619. The highest BCUT2D eigenvalue weighted by atomic mass is 16.5. The van der Waals surface area contributed by atoms with Crippen LogP contribution in [0.4, 0.5) is 0 Å². The number of hydrogen-bond acceptors (Lipinski definition) is 4. The Balaban J connectivity index is 1.88. The summed E-state index contributed by atoms with van der Waals surface area (Å²) in [6.45, 7) is 6.12. The van der Waals surface area contributed by atoms with Crippen molar-refractivity contribution in [3.05, 3.63) is 24.3 Å². The zero-order valence-corrected chi connectivity index (χ0v) is 16.8. The van der Waals surface area contributed by atoms with Gasteiger partial charge in [-0.3, -0.25) is 9.59 Å². The first-order valence-electron chi connectivity index (χ1n) is 9.93. The third-order valence-electron chi connectivity index (χ3n) is 4.63. The maximum atomic E-state index is 12.7. The third kappa shape index (κ3) is 6.45. The first-order chi connectivity index (χ1) is 13.1. The van der Waals surface area contributed by atoms with Crippen LogP contribution in [0.1, 0.15) is 46.0 Å². The number of nitrogens with zero attached hydrogens (tertiary/aromatic N) is 2. The van der Waals surface area contributed by atoms with E-state index in [0.717, 1.165) is 38.8 Å². The molecule has 1 fully saturated rings. The van der Waals surface area contributed by atoms with E-state index >= 15 is 0 Å². The molecule has 2 amide bonds. The lowest BCUT2D eigenvalue weighted by atomic mass is 10.2. The van der Waals surface area contributed by atoms with Crippen molar-refractivity contribution in [2.45, 2.75) is 52.0 Å². The lowest BCUT2D eigenvalue weighted by molar-refractivity contribution is -0.136. The van der Waals surface area contributed by atoms with Crippen molar-refractivity contribution in [1.82, 2.24) is 9.80 Å². The highest BCUT2D eigenvalue weighted by molar-refractivity contribution is 5.80. The van der Waals surface area contributed by atoms with Gasteiger partial charge >= 0.3 is 0 Å². The molecule has 0 saturated heterocycles. The fourth-order valence-electron chi connectivity index (χ4n) is 3.13. The summed E-state index contributed by atoms with van der Waals surface area (Å²) in [5.41, 5.74) is 0. The first-order valence-corrected chi connectivity index (χ1v) is 9.93. The van der Waals surface area contributed by atoms with Gasteiger partial charge in [-0.15, -0.1) is 0 Å². The normalized spacial score (nSPS) is 13.1. The summed E-state index contributed by atoms with van der Waals surface area (Å²) in [5, 5.41) is 0. The van der Waals surface area contributed by atoms with Crippen molar-refractivity contribution in [2.24, 2.45) is 0 Å². The molecule has 0 aromatic heterocycles. The Morgan fingerprint density at radius 1 is 1.00 bits per heavy atom. The van der Waals surface area contributed by atoms with Gasteiger partial charge in [0.1, 0.15) is 0 Å². The minimum absolute atomic E-state index is 0.0430. The van der Waals surface area contributed by atoms with Gasteiger partial charge < -0.3 is 19.3 Å². The van der Waals surface area contributed by atoms with Crippen LogP contribution < -0.4 is 9.47 Å². The Morgan fingerprint density at radius 3 is 2.19 bits per heavy atom. The Morgan fingerprint density at radius 2 is 1.63 bits per heavy atom. The van der Waals surface area contributed by atoms with Crippen LogP contribution in [-0.2, 0) is 9.59 Å². The van der Waals surface area contributed by atoms with Gasteiger partial charge in [0.2, 0.25) is 5.91 Å². The number of para-hydroxylation sites is 2. The maximum Gasteiger partial charge on any atom is 0.260 e. The van der Waals surface area contributed by atoms with Gasteiger partial charge in [0, 0.05) is 32.1 Å². The fourth-order valence-corrected chi connectivity index (χ4v) is 3.13. The predicted molar refractivity (Wildman–Crippen MR) is 105 cm³/mol. The van der Waals surface area contributed by atoms with Crippen molar-refractivity contribution in [1.29, 1.82) is 0 Å². The second-order valence-electron chi connectivity index (χ2n) is 6.89.